The predicted molar refractivity (Wildman–Crippen MR) is 62.3 cm³/mol. The Bertz CT molecular complexity index is 338. The number of nitrogens with zero attached hydrogens (tertiary/aromatic N) is 1. The highest BCUT2D eigenvalue weighted by Gasteiger charge is 2.03. The molecule has 1 heterocycles. The van der Waals surface area contributed by atoms with Crippen LogP contribution in [0.1, 0.15) is 24.2 Å². The van der Waals surface area contributed by atoms with Gasteiger partial charge in [-0.05, 0) is 26.0 Å². The average Bonchev–Trinajstić information content (AvgIpc) is 2.27. The molecular weight excluding hydrogens is 206 g/mol. The largest absolute Gasteiger partial charge is 0.377 e. The van der Waals surface area contributed by atoms with Crippen LogP contribution in [0.4, 0.5) is 5.82 Å². The Labute approximate surface area is 95.0 Å². The molecule has 5 nitrogen and oxygen atoms in total. The second kappa shape index (κ2) is 6.07. The third-order valence-electron chi connectivity index (χ3n) is 2.07. The van der Waals surface area contributed by atoms with Crippen LogP contribution >= 0.6 is 0 Å². The van der Waals surface area contributed by atoms with E-state index in [2.05, 4.69) is 10.3 Å². The molecule has 1 rings (SSSR count). The number of pyridine rings is 1. The average molecular weight is 223 g/mol. The topological polar surface area (TPSA) is 77.2 Å². The summed E-state index contributed by atoms with van der Waals surface area (Å²) in [6.45, 7) is 5.30. The first-order chi connectivity index (χ1) is 7.63. The maximum absolute atomic E-state index is 10.8. The van der Waals surface area contributed by atoms with E-state index in [0.29, 0.717) is 24.5 Å². The van der Waals surface area contributed by atoms with E-state index in [-0.39, 0.29) is 6.10 Å². The fourth-order valence-electron chi connectivity index (χ4n) is 1.24. The molecule has 3 N–H and O–H groups in total. The third-order valence-corrected chi connectivity index (χ3v) is 2.07. The van der Waals surface area contributed by atoms with Crippen LogP contribution < -0.4 is 11.1 Å². The van der Waals surface area contributed by atoms with Gasteiger partial charge in [-0.15, -0.1) is 0 Å². The Morgan fingerprint density at radius 3 is 2.88 bits per heavy atom. The molecule has 0 aliphatic heterocycles. The zero-order valence-electron chi connectivity index (χ0n) is 9.56. The third kappa shape index (κ3) is 3.86. The van der Waals surface area contributed by atoms with Gasteiger partial charge in [-0.3, -0.25) is 4.79 Å². The summed E-state index contributed by atoms with van der Waals surface area (Å²) in [6, 6.07) is 3.36. The SMILES string of the molecule is CCOC(C)CNc1ccc(C(N)=O)cn1. The van der Waals surface area contributed by atoms with E-state index < -0.39 is 5.91 Å². The van der Waals surface area contributed by atoms with E-state index in [1.807, 2.05) is 13.8 Å². The van der Waals surface area contributed by atoms with E-state index >= 15 is 0 Å². The number of carbonyl (C=O) groups excluding carboxylic acids is 1. The number of hydrogen-bond acceptors (Lipinski definition) is 4. The molecule has 0 radical (unpaired) electrons. The van der Waals surface area contributed by atoms with E-state index in [1.54, 1.807) is 12.1 Å². The monoisotopic (exact) mass is 223 g/mol. The Balaban J connectivity index is 2.46. The molecule has 88 valence electrons. The molecule has 0 fully saturated rings. The second-order valence-electron chi connectivity index (χ2n) is 3.44. The lowest BCUT2D eigenvalue weighted by Crippen LogP contribution is -2.20. The van der Waals surface area contributed by atoms with Crippen molar-refractivity contribution in [3.8, 4) is 0 Å². The van der Waals surface area contributed by atoms with Gasteiger partial charge in [0.05, 0.1) is 11.7 Å². The van der Waals surface area contributed by atoms with Crippen LogP contribution in [-0.2, 0) is 4.74 Å². The molecule has 0 bridgehead atoms. The number of anilines is 1. The molecule has 5 heteroatoms. The van der Waals surface area contributed by atoms with Crippen molar-refractivity contribution in [2.45, 2.75) is 20.0 Å². The van der Waals surface area contributed by atoms with Crippen molar-refractivity contribution in [1.82, 2.24) is 4.98 Å². The van der Waals surface area contributed by atoms with Crippen molar-refractivity contribution in [3.05, 3.63) is 23.9 Å². The number of rotatable bonds is 6. The maximum atomic E-state index is 10.8. The second-order valence-corrected chi connectivity index (χ2v) is 3.44. The number of nitrogens with two attached hydrogens (primary N) is 1. The first-order valence-corrected chi connectivity index (χ1v) is 5.24. The van der Waals surface area contributed by atoms with Crippen molar-refractivity contribution < 1.29 is 9.53 Å². The van der Waals surface area contributed by atoms with Gasteiger partial charge in [0, 0.05) is 19.3 Å². The molecule has 1 amide bonds. The summed E-state index contributed by atoms with van der Waals surface area (Å²) in [5.74, 6) is 0.235. The van der Waals surface area contributed by atoms with Crippen LogP contribution in [0.2, 0.25) is 0 Å². The maximum Gasteiger partial charge on any atom is 0.250 e. The lowest BCUT2D eigenvalue weighted by atomic mass is 10.3. The van der Waals surface area contributed by atoms with Gasteiger partial charge in [0.2, 0.25) is 5.91 Å². The number of amides is 1. The molecule has 0 spiro atoms. The van der Waals surface area contributed by atoms with Crippen LogP contribution in [-0.4, -0.2) is 30.1 Å². The number of primary amides is 1. The Hall–Kier alpha value is -1.62. The summed E-state index contributed by atoms with van der Waals surface area (Å²) in [6.07, 6.45) is 1.58. The van der Waals surface area contributed by atoms with Gasteiger partial charge in [0.1, 0.15) is 5.82 Å². The zero-order chi connectivity index (χ0) is 12.0. The highest BCUT2D eigenvalue weighted by atomic mass is 16.5. The standard InChI is InChI=1S/C11H17N3O2/c1-3-16-8(2)6-13-10-5-4-9(7-14-10)11(12)15/h4-5,7-8H,3,6H2,1-2H3,(H2,12,15)(H,13,14). The molecule has 0 aromatic carbocycles. The fraction of sp³-hybridized carbons (Fsp3) is 0.455. The summed E-state index contributed by atoms with van der Waals surface area (Å²) in [7, 11) is 0. The Kier molecular flexibility index (Phi) is 4.72. The highest BCUT2D eigenvalue weighted by Crippen LogP contribution is 2.04. The number of carbonyl (C=O) groups is 1. The van der Waals surface area contributed by atoms with Crippen molar-refractivity contribution in [2.75, 3.05) is 18.5 Å². The zero-order valence-corrected chi connectivity index (χ0v) is 9.56. The van der Waals surface area contributed by atoms with E-state index in [9.17, 15) is 4.79 Å². The first kappa shape index (κ1) is 12.4. The molecule has 0 aliphatic carbocycles. The minimum absolute atomic E-state index is 0.127. The van der Waals surface area contributed by atoms with E-state index in [4.69, 9.17) is 10.5 Å². The van der Waals surface area contributed by atoms with Crippen molar-refractivity contribution in [3.63, 3.8) is 0 Å². The normalized spacial score (nSPS) is 12.1. The van der Waals surface area contributed by atoms with Crippen LogP contribution in [0.3, 0.4) is 0 Å². The summed E-state index contributed by atoms with van der Waals surface area (Å²) < 4.78 is 5.36. The lowest BCUT2D eigenvalue weighted by molar-refractivity contribution is 0.0854. The van der Waals surface area contributed by atoms with Crippen LogP contribution in [0.5, 0.6) is 0 Å². The summed E-state index contributed by atoms with van der Waals surface area (Å²) in [5, 5.41) is 3.11. The number of ether oxygens (including phenoxy) is 1. The minimum atomic E-state index is -0.471. The van der Waals surface area contributed by atoms with Crippen molar-refractivity contribution in [2.24, 2.45) is 5.73 Å². The Morgan fingerprint density at radius 2 is 2.38 bits per heavy atom. The van der Waals surface area contributed by atoms with Gasteiger partial charge < -0.3 is 15.8 Å². The number of nitrogens with one attached hydrogen (secondary N) is 1. The Morgan fingerprint density at radius 1 is 1.62 bits per heavy atom. The predicted octanol–water partition coefficient (Wildman–Crippen LogP) is 1.02. The molecule has 1 unspecified atom stereocenters. The van der Waals surface area contributed by atoms with Crippen LogP contribution in [0.25, 0.3) is 0 Å². The molecule has 1 atom stereocenters. The van der Waals surface area contributed by atoms with Gasteiger partial charge in [-0.1, -0.05) is 0 Å². The lowest BCUT2D eigenvalue weighted by Gasteiger charge is -2.12. The van der Waals surface area contributed by atoms with Gasteiger partial charge in [0.25, 0.3) is 0 Å². The van der Waals surface area contributed by atoms with Gasteiger partial charge in [-0.25, -0.2) is 4.98 Å². The fourth-order valence-corrected chi connectivity index (χ4v) is 1.24. The minimum Gasteiger partial charge on any atom is -0.377 e. The molecule has 0 saturated carbocycles. The summed E-state index contributed by atoms with van der Waals surface area (Å²) in [4.78, 5) is 14.9. The quantitative estimate of drug-likeness (QED) is 0.754. The molecule has 1 aromatic rings. The summed E-state index contributed by atoms with van der Waals surface area (Å²) in [5.41, 5.74) is 5.51. The molecule has 0 aliphatic rings. The first-order valence-electron chi connectivity index (χ1n) is 5.24. The molecular formula is C11H17N3O2. The van der Waals surface area contributed by atoms with Gasteiger partial charge >= 0.3 is 0 Å². The van der Waals surface area contributed by atoms with E-state index in [0.717, 1.165) is 0 Å². The summed E-state index contributed by atoms with van der Waals surface area (Å²) >= 11 is 0. The molecule has 1 aromatic heterocycles. The number of hydrogen-bond donors (Lipinski definition) is 2. The smallest absolute Gasteiger partial charge is 0.250 e. The van der Waals surface area contributed by atoms with Crippen molar-refractivity contribution in [1.29, 1.82) is 0 Å². The van der Waals surface area contributed by atoms with Crippen LogP contribution in [0, 0.1) is 0 Å². The molecule has 0 saturated heterocycles. The van der Waals surface area contributed by atoms with Gasteiger partial charge in [0.15, 0.2) is 0 Å². The number of aromatic nitrogens is 1. The van der Waals surface area contributed by atoms with Gasteiger partial charge in [-0.2, -0.15) is 0 Å². The highest BCUT2D eigenvalue weighted by molar-refractivity contribution is 5.92. The van der Waals surface area contributed by atoms with Crippen LogP contribution in [0.15, 0.2) is 18.3 Å². The van der Waals surface area contributed by atoms with Crippen molar-refractivity contribution >= 4 is 11.7 Å². The van der Waals surface area contributed by atoms with E-state index in [1.165, 1.54) is 6.20 Å². The molecule has 16 heavy (non-hydrogen) atoms.